The lowest BCUT2D eigenvalue weighted by molar-refractivity contribution is -0.142. The Kier molecular flexibility index (Phi) is 8.02. The van der Waals surface area contributed by atoms with Crippen LogP contribution in [0.4, 0.5) is 17.6 Å². The molecule has 3 aliphatic heterocycles. The molecule has 0 spiro atoms. The van der Waals surface area contributed by atoms with E-state index < -0.39 is 45.6 Å². The van der Waals surface area contributed by atoms with E-state index in [2.05, 4.69) is 5.32 Å². The first-order valence-corrected chi connectivity index (χ1v) is 13.8. The summed E-state index contributed by atoms with van der Waals surface area (Å²) in [6.45, 7) is 2.31. The van der Waals surface area contributed by atoms with E-state index in [0.717, 1.165) is 12.1 Å². The van der Waals surface area contributed by atoms with Crippen molar-refractivity contribution in [1.29, 1.82) is 5.26 Å². The van der Waals surface area contributed by atoms with Crippen LogP contribution >= 0.6 is 0 Å². The lowest BCUT2D eigenvalue weighted by atomic mass is 9.97. The van der Waals surface area contributed by atoms with Gasteiger partial charge in [0.1, 0.15) is 11.9 Å². The molecular formula is C24H29F4N5O4S. The van der Waals surface area contributed by atoms with E-state index in [1.807, 2.05) is 13.0 Å². The highest BCUT2D eigenvalue weighted by Crippen LogP contribution is 2.32. The highest BCUT2D eigenvalue weighted by Gasteiger charge is 2.45. The van der Waals surface area contributed by atoms with E-state index in [1.165, 1.54) is 13.5 Å². The van der Waals surface area contributed by atoms with Crippen LogP contribution in [-0.2, 0) is 32.5 Å². The van der Waals surface area contributed by atoms with Gasteiger partial charge in [-0.3, -0.25) is 9.59 Å². The second-order valence-electron chi connectivity index (χ2n) is 10.2. The van der Waals surface area contributed by atoms with Crippen LogP contribution in [0.5, 0.6) is 0 Å². The summed E-state index contributed by atoms with van der Waals surface area (Å²) in [5, 5.41) is 11.5. The third-order valence-electron chi connectivity index (χ3n) is 7.35. The largest absolute Gasteiger partial charge is 0.416 e. The fourth-order valence-corrected chi connectivity index (χ4v) is 6.96. The second kappa shape index (κ2) is 10.8. The number of benzene rings is 1. The van der Waals surface area contributed by atoms with Gasteiger partial charge in [0.05, 0.1) is 23.5 Å². The van der Waals surface area contributed by atoms with E-state index in [9.17, 15) is 35.6 Å². The van der Waals surface area contributed by atoms with Crippen molar-refractivity contribution >= 4 is 22.0 Å². The summed E-state index contributed by atoms with van der Waals surface area (Å²) in [7, 11) is -3.80. The molecule has 1 aromatic rings. The number of piperidine rings is 1. The number of carbonyl (C=O) groups excluding carboxylic acids is 2. The van der Waals surface area contributed by atoms with E-state index in [4.69, 9.17) is 5.26 Å². The van der Waals surface area contributed by atoms with Crippen LogP contribution in [0.25, 0.3) is 0 Å². The molecule has 3 aliphatic rings. The van der Waals surface area contributed by atoms with Gasteiger partial charge in [-0.15, -0.1) is 0 Å². The number of nitrogens with one attached hydrogen (secondary N) is 1. The summed E-state index contributed by atoms with van der Waals surface area (Å²) < 4.78 is 80.9. The van der Waals surface area contributed by atoms with Gasteiger partial charge in [-0.2, -0.15) is 35.5 Å². The minimum absolute atomic E-state index is 0.00932. The second-order valence-corrected chi connectivity index (χ2v) is 12.1. The van der Waals surface area contributed by atoms with Gasteiger partial charge in [0.2, 0.25) is 11.8 Å². The van der Waals surface area contributed by atoms with E-state index in [1.54, 1.807) is 0 Å². The Morgan fingerprint density at radius 1 is 1.16 bits per heavy atom. The van der Waals surface area contributed by atoms with Gasteiger partial charge in [-0.1, -0.05) is 13.0 Å². The number of halogens is 4. The minimum Gasteiger partial charge on any atom is -0.350 e. The van der Waals surface area contributed by atoms with Crippen LogP contribution in [-0.4, -0.2) is 72.5 Å². The van der Waals surface area contributed by atoms with Crippen LogP contribution in [0.1, 0.15) is 37.3 Å². The van der Waals surface area contributed by atoms with E-state index >= 15 is 0 Å². The summed E-state index contributed by atoms with van der Waals surface area (Å²) in [5.41, 5.74) is -1.25. The molecule has 1 N–H and O–H groups in total. The maximum atomic E-state index is 14.2. The number of carbonyl (C=O) groups is 2. The Labute approximate surface area is 218 Å². The first-order valence-electron chi connectivity index (χ1n) is 12.4. The Hall–Kier alpha value is -2.76. The van der Waals surface area contributed by atoms with Crippen LogP contribution in [0.2, 0.25) is 0 Å². The van der Waals surface area contributed by atoms with Gasteiger partial charge in [-0.25, -0.2) is 4.39 Å². The van der Waals surface area contributed by atoms with Crippen molar-refractivity contribution in [1.82, 2.24) is 18.8 Å². The van der Waals surface area contributed by atoms with Crippen LogP contribution in [0, 0.1) is 34.9 Å². The minimum atomic E-state index is -4.69. The summed E-state index contributed by atoms with van der Waals surface area (Å²) in [6.07, 6.45) is -3.41. The zero-order valence-electron chi connectivity index (χ0n) is 20.7. The maximum absolute atomic E-state index is 14.2. The zero-order valence-corrected chi connectivity index (χ0v) is 21.6. The van der Waals surface area contributed by atoms with Gasteiger partial charge in [0.15, 0.2) is 0 Å². The molecular weight excluding hydrogens is 530 g/mol. The molecule has 3 atom stereocenters. The average Bonchev–Trinajstić information content (AvgIpc) is 3.23. The summed E-state index contributed by atoms with van der Waals surface area (Å²) >= 11 is 0. The predicted molar refractivity (Wildman–Crippen MR) is 126 cm³/mol. The van der Waals surface area contributed by atoms with Crippen LogP contribution in [0.15, 0.2) is 18.2 Å². The van der Waals surface area contributed by atoms with Gasteiger partial charge >= 0.3 is 6.18 Å². The van der Waals surface area contributed by atoms with E-state index in [-0.39, 0.29) is 56.0 Å². The van der Waals surface area contributed by atoms with Crippen molar-refractivity contribution in [3.63, 3.8) is 0 Å². The van der Waals surface area contributed by atoms with E-state index in [0.29, 0.717) is 31.9 Å². The summed E-state index contributed by atoms with van der Waals surface area (Å²) in [4.78, 5) is 27.8. The lowest BCUT2D eigenvalue weighted by Gasteiger charge is -2.41. The topological polar surface area (TPSA) is 114 Å². The third kappa shape index (κ3) is 5.79. The number of amides is 2. The molecule has 0 bridgehead atoms. The van der Waals surface area contributed by atoms with Crippen LogP contribution < -0.4 is 5.32 Å². The lowest BCUT2D eigenvalue weighted by Crippen LogP contribution is -2.57. The monoisotopic (exact) mass is 559 g/mol. The number of hydrogen-bond donors (Lipinski definition) is 1. The Balaban J connectivity index is 1.39. The molecule has 0 aliphatic carbocycles. The SMILES string of the molecule is C[C@@H]1C[C@H](C(=O)NCc2ccc(C(F)(F)F)cc2F)N(C(=O)[C@H]2CCCN(S(=O)(=O)N3CC(C#N)C3)C2)C1. The molecule has 2 amide bonds. The number of nitrogens with zero attached hydrogens (tertiary/aromatic N) is 4. The molecule has 208 valence electrons. The molecule has 4 rings (SSSR count). The highest BCUT2D eigenvalue weighted by atomic mass is 32.2. The van der Waals surface area contributed by atoms with Crippen molar-refractivity contribution in [2.45, 2.75) is 44.9 Å². The molecule has 0 unspecified atom stereocenters. The fourth-order valence-electron chi connectivity index (χ4n) is 5.16. The summed E-state index contributed by atoms with van der Waals surface area (Å²) in [6, 6.07) is 3.26. The zero-order chi connectivity index (χ0) is 27.8. The van der Waals surface area contributed by atoms with Gasteiger partial charge in [0.25, 0.3) is 10.2 Å². The Morgan fingerprint density at radius 2 is 1.87 bits per heavy atom. The predicted octanol–water partition coefficient (Wildman–Crippen LogP) is 2.11. The van der Waals surface area contributed by atoms with Gasteiger partial charge in [-0.05, 0) is 37.3 Å². The number of nitriles is 1. The fraction of sp³-hybridized carbons (Fsp3) is 0.625. The number of hydrogen-bond acceptors (Lipinski definition) is 5. The molecule has 0 saturated carbocycles. The molecule has 3 heterocycles. The van der Waals surface area contributed by atoms with Crippen molar-refractivity contribution < 1.29 is 35.6 Å². The Bertz CT molecular complexity index is 1230. The van der Waals surface area contributed by atoms with Crippen LogP contribution in [0.3, 0.4) is 0 Å². The maximum Gasteiger partial charge on any atom is 0.416 e. The molecule has 14 heteroatoms. The molecule has 3 saturated heterocycles. The number of alkyl halides is 3. The Morgan fingerprint density at radius 3 is 2.50 bits per heavy atom. The molecule has 0 aromatic heterocycles. The smallest absolute Gasteiger partial charge is 0.350 e. The number of likely N-dealkylation sites (tertiary alicyclic amines) is 1. The van der Waals surface area contributed by atoms with Gasteiger partial charge in [0, 0.05) is 44.8 Å². The normalized spacial score (nSPS) is 25.6. The third-order valence-corrected chi connectivity index (χ3v) is 9.28. The quantitative estimate of drug-likeness (QED) is 0.537. The standard InChI is InChI=1S/C24H29F4N5O4S/c1-15-7-21(22(34)30-10-17-4-5-19(8-20(17)25)24(26,27)28)33(11-15)23(35)18-3-2-6-31(14-18)38(36,37)32-12-16(9-29)13-32/h4-5,8,15-16,18,21H,2-3,6-7,10-14H2,1H3,(H,30,34)/t15-,18+,21-/m1/s1. The first kappa shape index (κ1) is 28.3. The molecule has 3 fully saturated rings. The van der Waals surface area contributed by atoms with Crippen molar-refractivity contribution in [3.05, 3.63) is 35.1 Å². The number of rotatable bonds is 6. The average molecular weight is 560 g/mol. The van der Waals surface area contributed by atoms with Crippen molar-refractivity contribution in [2.75, 3.05) is 32.7 Å². The molecule has 1 aromatic carbocycles. The first-order chi connectivity index (χ1) is 17.8. The summed E-state index contributed by atoms with van der Waals surface area (Å²) in [5.74, 6) is -2.98. The van der Waals surface area contributed by atoms with Crippen molar-refractivity contribution in [2.24, 2.45) is 17.8 Å². The molecule has 0 radical (unpaired) electrons. The highest BCUT2D eigenvalue weighted by molar-refractivity contribution is 7.86. The van der Waals surface area contributed by atoms with Crippen molar-refractivity contribution in [3.8, 4) is 6.07 Å². The molecule has 38 heavy (non-hydrogen) atoms. The molecule has 9 nitrogen and oxygen atoms in total. The van der Waals surface area contributed by atoms with Gasteiger partial charge < -0.3 is 10.2 Å².